The number of hydrogen-bond acceptors (Lipinski definition) is 1. The van der Waals surface area contributed by atoms with E-state index in [0.717, 1.165) is 24.7 Å². The topological polar surface area (TPSA) is 26.0 Å². The largest absolute Gasteiger partial charge is 0.328 e. The summed E-state index contributed by atoms with van der Waals surface area (Å²) in [6.07, 6.45) is 11.1. The van der Waals surface area contributed by atoms with Gasteiger partial charge in [0.1, 0.15) is 0 Å². The highest BCUT2D eigenvalue weighted by Gasteiger charge is 2.35. The van der Waals surface area contributed by atoms with Gasteiger partial charge in [-0.1, -0.05) is 20.8 Å². The fourth-order valence-corrected chi connectivity index (χ4v) is 3.03. The molecular weight excluding hydrogens is 182 g/mol. The SMILES string of the molecule is C#CCCC1CC(N)CCC1C(C)(C)C. The van der Waals surface area contributed by atoms with Gasteiger partial charge in [0.2, 0.25) is 0 Å². The van der Waals surface area contributed by atoms with Crippen molar-refractivity contribution in [3.63, 3.8) is 0 Å². The van der Waals surface area contributed by atoms with Gasteiger partial charge in [0, 0.05) is 12.5 Å². The number of nitrogens with two attached hydrogens (primary N) is 1. The summed E-state index contributed by atoms with van der Waals surface area (Å²) < 4.78 is 0. The van der Waals surface area contributed by atoms with E-state index in [1.165, 1.54) is 19.3 Å². The first-order valence-electron chi connectivity index (χ1n) is 6.14. The lowest BCUT2D eigenvalue weighted by atomic mass is 9.64. The van der Waals surface area contributed by atoms with E-state index in [9.17, 15) is 0 Å². The van der Waals surface area contributed by atoms with Gasteiger partial charge in [0.15, 0.2) is 0 Å². The molecule has 1 nitrogen and oxygen atoms in total. The summed E-state index contributed by atoms with van der Waals surface area (Å²) in [6, 6.07) is 0.409. The van der Waals surface area contributed by atoms with Gasteiger partial charge in [-0.2, -0.15) is 0 Å². The summed E-state index contributed by atoms with van der Waals surface area (Å²) >= 11 is 0. The summed E-state index contributed by atoms with van der Waals surface area (Å²) in [5.41, 5.74) is 6.45. The van der Waals surface area contributed by atoms with E-state index in [1.54, 1.807) is 0 Å². The Balaban J connectivity index is 2.63. The van der Waals surface area contributed by atoms with Crippen LogP contribution in [0.5, 0.6) is 0 Å². The van der Waals surface area contributed by atoms with Crippen LogP contribution < -0.4 is 5.73 Å². The molecule has 0 aromatic carbocycles. The van der Waals surface area contributed by atoms with Gasteiger partial charge in [-0.25, -0.2) is 0 Å². The molecule has 1 aliphatic carbocycles. The van der Waals surface area contributed by atoms with Crippen LogP contribution in [0.2, 0.25) is 0 Å². The summed E-state index contributed by atoms with van der Waals surface area (Å²) in [4.78, 5) is 0. The first-order chi connectivity index (χ1) is 6.95. The Morgan fingerprint density at radius 2 is 2.00 bits per heavy atom. The molecule has 0 bridgehead atoms. The highest BCUT2D eigenvalue weighted by Crippen LogP contribution is 2.43. The lowest BCUT2D eigenvalue weighted by Crippen LogP contribution is -2.38. The molecule has 3 unspecified atom stereocenters. The van der Waals surface area contributed by atoms with Crippen LogP contribution in [0.1, 0.15) is 52.9 Å². The van der Waals surface area contributed by atoms with Crippen molar-refractivity contribution in [2.24, 2.45) is 23.0 Å². The third kappa shape index (κ3) is 3.54. The van der Waals surface area contributed by atoms with Gasteiger partial charge in [-0.05, 0) is 42.9 Å². The van der Waals surface area contributed by atoms with Crippen molar-refractivity contribution >= 4 is 0 Å². The zero-order valence-corrected chi connectivity index (χ0v) is 10.4. The fraction of sp³-hybridized carbons (Fsp3) is 0.857. The number of terminal acetylenes is 1. The van der Waals surface area contributed by atoms with Gasteiger partial charge < -0.3 is 5.73 Å². The van der Waals surface area contributed by atoms with Crippen molar-refractivity contribution in [3.8, 4) is 12.3 Å². The average molecular weight is 207 g/mol. The lowest BCUT2D eigenvalue weighted by Gasteiger charge is -2.42. The predicted octanol–water partition coefficient (Wildman–Crippen LogP) is 3.19. The fourth-order valence-electron chi connectivity index (χ4n) is 3.03. The Hall–Kier alpha value is -0.480. The van der Waals surface area contributed by atoms with E-state index in [4.69, 9.17) is 12.2 Å². The monoisotopic (exact) mass is 207 g/mol. The average Bonchev–Trinajstić information content (AvgIpc) is 2.12. The van der Waals surface area contributed by atoms with Crippen molar-refractivity contribution in [3.05, 3.63) is 0 Å². The van der Waals surface area contributed by atoms with Crippen molar-refractivity contribution in [2.45, 2.75) is 58.9 Å². The maximum atomic E-state index is 6.05. The second-order valence-electron chi connectivity index (χ2n) is 6.05. The molecule has 0 radical (unpaired) electrons. The predicted molar refractivity (Wildman–Crippen MR) is 66.3 cm³/mol. The maximum Gasteiger partial charge on any atom is 0.00888 e. The molecule has 0 aromatic rings. The number of rotatable bonds is 2. The standard InChI is InChI=1S/C14H25N/c1-5-6-7-11-10-12(15)8-9-13(11)14(2,3)4/h1,11-13H,6-10,15H2,2-4H3. The van der Waals surface area contributed by atoms with Crippen LogP contribution in [0, 0.1) is 29.6 Å². The minimum absolute atomic E-state index is 0.402. The van der Waals surface area contributed by atoms with Crippen molar-refractivity contribution in [2.75, 3.05) is 0 Å². The molecule has 1 heteroatoms. The van der Waals surface area contributed by atoms with Gasteiger partial charge in [-0.3, -0.25) is 0 Å². The van der Waals surface area contributed by atoms with Crippen molar-refractivity contribution in [1.82, 2.24) is 0 Å². The van der Waals surface area contributed by atoms with Crippen LogP contribution in [-0.4, -0.2) is 6.04 Å². The normalized spacial score (nSPS) is 32.3. The quantitative estimate of drug-likeness (QED) is 0.691. The molecule has 0 spiro atoms. The summed E-state index contributed by atoms with van der Waals surface area (Å²) in [5, 5.41) is 0. The summed E-state index contributed by atoms with van der Waals surface area (Å²) in [5.74, 6) is 4.30. The van der Waals surface area contributed by atoms with E-state index in [1.807, 2.05) is 0 Å². The van der Waals surface area contributed by atoms with Crippen LogP contribution in [0.15, 0.2) is 0 Å². The van der Waals surface area contributed by atoms with Crippen LogP contribution in [0.3, 0.4) is 0 Å². The molecule has 15 heavy (non-hydrogen) atoms. The highest BCUT2D eigenvalue weighted by atomic mass is 14.6. The molecule has 1 fully saturated rings. The van der Waals surface area contributed by atoms with Crippen LogP contribution in [0.25, 0.3) is 0 Å². The Kier molecular flexibility index (Phi) is 4.22. The zero-order chi connectivity index (χ0) is 11.5. The second kappa shape index (κ2) is 5.03. The smallest absolute Gasteiger partial charge is 0.00888 e. The molecule has 0 saturated heterocycles. The first kappa shape index (κ1) is 12.6. The van der Waals surface area contributed by atoms with Gasteiger partial charge in [0.25, 0.3) is 0 Å². The van der Waals surface area contributed by atoms with Crippen LogP contribution in [0.4, 0.5) is 0 Å². The molecule has 1 saturated carbocycles. The van der Waals surface area contributed by atoms with E-state index in [0.29, 0.717) is 11.5 Å². The lowest BCUT2D eigenvalue weighted by molar-refractivity contribution is 0.0934. The van der Waals surface area contributed by atoms with Crippen LogP contribution in [-0.2, 0) is 0 Å². The number of hydrogen-bond donors (Lipinski definition) is 1. The van der Waals surface area contributed by atoms with E-state index in [2.05, 4.69) is 26.7 Å². The minimum atomic E-state index is 0.402. The van der Waals surface area contributed by atoms with Gasteiger partial charge >= 0.3 is 0 Å². The van der Waals surface area contributed by atoms with E-state index < -0.39 is 0 Å². The molecule has 1 aliphatic rings. The first-order valence-corrected chi connectivity index (χ1v) is 6.14. The van der Waals surface area contributed by atoms with E-state index in [-0.39, 0.29) is 0 Å². The van der Waals surface area contributed by atoms with Crippen LogP contribution >= 0.6 is 0 Å². The zero-order valence-electron chi connectivity index (χ0n) is 10.4. The Labute approximate surface area is 94.8 Å². The molecule has 2 N–H and O–H groups in total. The molecule has 0 aromatic heterocycles. The third-order valence-electron chi connectivity index (χ3n) is 3.79. The molecule has 0 aliphatic heterocycles. The molecule has 86 valence electrons. The third-order valence-corrected chi connectivity index (χ3v) is 3.79. The molecule has 0 heterocycles. The molecular formula is C14H25N. The second-order valence-corrected chi connectivity index (χ2v) is 6.05. The van der Waals surface area contributed by atoms with E-state index >= 15 is 0 Å². The Morgan fingerprint density at radius 3 is 2.53 bits per heavy atom. The maximum absolute atomic E-state index is 6.05. The molecule has 0 amide bonds. The summed E-state index contributed by atoms with van der Waals surface area (Å²) in [6.45, 7) is 7.03. The minimum Gasteiger partial charge on any atom is -0.328 e. The Morgan fingerprint density at radius 1 is 1.33 bits per heavy atom. The Bertz CT molecular complexity index is 231. The van der Waals surface area contributed by atoms with Crippen molar-refractivity contribution in [1.29, 1.82) is 0 Å². The molecule has 3 atom stereocenters. The molecule has 1 rings (SSSR count). The highest BCUT2D eigenvalue weighted by molar-refractivity contribution is 4.91. The van der Waals surface area contributed by atoms with Gasteiger partial charge in [-0.15, -0.1) is 12.3 Å². The van der Waals surface area contributed by atoms with Crippen molar-refractivity contribution < 1.29 is 0 Å². The van der Waals surface area contributed by atoms with Gasteiger partial charge in [0.05, 0.1) is 0 Å². The summed E-state index contributed by atoms with van der Waals surface area (Å²) in [7, 11) is 0.